The van der Waals surface area contributed by atoms with Crippen molar-refractivity contribution >= 4 is 38.1 Å². The van der Waals surface area contributed by atoms with Gasteiger partial charge in [0.15, 0.2) is 5.13 Å². The number of nitrogens with one attached hydrogen (secondary N) is 1. The summed E-state index contributed by atoms with van der Waals surface area (Å²) >= 11 is 4.55. The van der Waals surface area contributed by atoms with Crippen LogP contribution in [-0.2, 0) is 0 Å². The molecule has 1 aromatic carbocycles. The van der Waals surface area contributed by atoms with E-state index in [9.17, 15) is 9.90 Å². The number of anilines is 2. The molecule has 5 nitrogen and oxygen atoms in total. The van der Waals surface area contributed by atoms with Crippen molar-refractivity contribution in [2.24, 2.45) is 0 Å². The molecule has 3 rings (SSSR count). The molecule has 0 radical (unpaired) electrons. The SMILES string of the molecule is Cc1ccc(Nc2nc(-c3c(O)c(Br)c(C)oc3=O)cs2)cc1. The highest BCUT2D eigenvalue weighted by Gasteiger charge is 2.19. The monoisotopic (exact) mass is 392 g/mol. The van der Waals surface area contributed by atoms with Gasteiger partial charge in [0.1, 0.15) is 17.1 Å². The Balaban J connectivity index is 1.95. The molecule has 0 saturated carbocycles. The van der Waals surface area contributed by atoms with Crippen LogP contribution >= 0.6 is 27.3 Å². The highest BCUT2D eigenvalue weighted by atomic mass is 79.9. The lowest BCUT2D eigenvalue weighted by molar-refractivity contribution is 0.432. The van der Waals surface area contributed by atoms with E-state index in [4.69, 9.17) is 4.42 Å². The summed E-state index contributed by atoms with van der Waals surface area (Å²) < 4.78 is 5.45. The first-order chi connectivity index (χ1) is 11.0. The highest BCUT2D eigenvalue weighted by molar-refractivity contribution is 9.10. The van der Waals surface area contributed by atoms with Crippen molar-refractivity contribution in [3.05, 3.63) is 55.9 Å². The van der Waals surface area contributed by atoms with Gasteiger partial charge in [-0.2, -0.15) is 0 Å². The van der Waals surface area contributed by atoms with Gasteiger partial charge in [-0.3, -0.25) is 0 Å². The molecule has 2 N–H and O–H groups in total. The average molecular weight is 393 g/mol. The molecule has 0 saturated heterocycles. The van der Waals surface area contributed by atoms with Gasteiger partial charge in [-0.05, 0) is 41.9 Å². The molecule has 2 heterocycles. The number of nitrogens with zero attached hydrogens (tertiary/aromatic N) is 1. The van der Waals surface area contributed by atoms with E-state index in [2.05, 4.69) is 26.2 Å². The number of aromatic nitrogens is 1. The third kappa shape index (κ3) is 3.16. The van der Waals surface area contributed by atoms with Gasteiger partial charge in [-0.1, -0.05) is 17.7 Å². The second kappa shape index (κ2) is 6.17. The minimum atomic E-state index is -0.615. The Morgan fingerprint density at radius 1 is 1.26 bits per heavy atom. The van der Waals surface area contributed by atoms with Crippen molar-refractivity contribution in [1.29, 1.82) is 0 Å². The van der Waals surface area contributed by atoms with Gasteiger partial charge in [0.2, 0.25) is 0 Å². The second-order valence-electron chi connectivity index (χ2n) is 5.01. The molecule has 0 aliphatic heterocycles. The fourth-order valence-corrected chi connectivity index (χ4v) is 3.04. The fraction of sp³-hybridized carbons (Fsp3) is 0.125. The Morgan fingerprint density at radius 3 is 2.65 bits per heavy atom. The Bertz CT molecular complexity index is 916. The van der Waals surface area contributed by atoms with Crippen LogP contribution in [0.2, 0.25) is 0 Å². The van der Waals surface area contributed by atoms with E-state index in [0.717, 1.165) is 5.69 Å². The Morgan fingerprint density at radius 2 is 1.96 bits per heavy atom. The van der Waals surface area contributed by atoms with E-state index in [-0.39, 0.29) is 11.3 Å². The van der Waals surface area contributed by atoms with Gasteiger partial charge >= 0.3 is 5.63 Å². The smallest absolute Gasteiger partial charge is 0.349 e. The summed E-state index contributed by atoms with van der Waals surface area (Å²) in [5, 5.41) is 15.7. The summed E-state index contributed by atoms with van der Waals surface area (Å²) in [7, 11) is 0. The number of hydrogen-bond donors (Lipinski definition) is 2. The fourth-order valence-electron chi connectivity index (χ4n) is 2.04. The number of thiazole rings is 1. The van der Waals surface area contributed by atoms with Gasteiger partial charge in [0, 0.05) is 11.1 Å². The first-order valence-corrected chi connectivity index (χ1v) is 8.44. The predicted molar refractivity (Wildman–Crippen MR) is 94.6 cm³/mol. The standard InChI is InChI=1S/C16H13BrN2O3S/c1-8-3-5-10(6-4-8)18-16-19-11(7-23-16)12-14(20)13(17)9(2)22-15(12)21/h3-7,20H,1-2H3,(H,18,19). The summed E-state index contributed by atoms with van der Waals surface area (Å²) in [5.74, 6) is 0.162. The first kappa shape index (κ1) is 15.8. The van der Waals surface area contributed by atoms with Crippen molar-refractivity contribution in [2.75, 3.05) is 5.32 Å². The van der Waals surface area contributed by atoms with Crippen LogP contribution < -0.4 is 10.9 Å². The molecule has 2 aromatic heterocycles. The van der Waals surface area contributed by atoms with Crippen LogP contribution in [0.4, 0.5) is 10.8 Å². The summed E-state index contributed by atoms with van der Waals surface area (Å²) in [6, 6.07) is 7.89. The van der Waals surface area contributed by atoms with Crippen molar-refractivity contribution in [1.82, 2.24) is 4.98 Å². The van der Waals surface area contributed by atoms with Crippen molar-refractivity contribution in [3.8, 4) is 17.0 Å². The van der Waals surface area contributed by atoms with Crippen molar-refractivity contribution < 1.29 is 9.52 Å². The molecule has 0 fully saturated rings. The molecular formula is C16H13BrN2O3S. The lowest BCUT2D eigenvalue weighted by Crippen LogP contribution is -2.05. The number of halogens is 1. The maximum Gasteiger partial charge on any atom is 0.349 e. The molecule has 0 spiro atoms. The maximum atomic E-state index is 12.0. The second-order valence-corrected chi connectivity index (χ2v) is 6.66. The van der Waals surface area contributed by atoms with Crippen LogP contribution in [0, 0.1) is 13.8 Å². The Hall–Kier alpha value is -2.12. The largest absolute Gasteiger partial charge is 0.506 e. The maximum absolute atomic E-state index is 12.0. The molecule has 118 valence electrons. The van der Waals surface area contributed by atoms with Crippen LogP contribution in [0.3, 0.4) is 0 Å². The third-order valence-electron chi connectivity index (χ3n) is 3.27. The highest BCUT2D eigenvalue weighted by Crippen LogP contribution is 2.36. The molecule has 0 amide bonds. The van der Waals surface area contributed by atoms with E-state index in [0.29, 0.717) is 21.1 Å². The molecule has 7 heteroatoms. The van der Waals surface area contributed by atoms with E-state index < -0.39 is 5.63 Å². The van der Waals surface area contributed by atoms with Gasteiger partial charge in [-0.25, -0.2) is 9.78 Å². The van der Waals surface area contributed by atoms with E-state index in [1.807, 2.05) is 31.2 Å². The zero-order chi connectivity index (χ0) is 16.6. The molecule has 3 aromatic rings. The van der Waals surface area contributed by atoms with Crippen molar-refractivity contribution in [3.63, 3.8) is 0 Å². The Kier molecular flexibility index (Phi) is 4.23. The molecular weight excluding hydrogens is 380 g/mol. The molecule has 0 bridgehead atoms. The summed E-state index contributed by atoms with van der Waals surface area (Å²) in [6.45, 7) is 3.61. The van der Waals surface area contributed by atoms with E-state index in [1.165, 1.54) is 16.9 Å². The molecule has 0 unspecified atom stereocenters. The lowest BCUT2D eigenvalue weighted by atomic mass is 10.2. The van der Waals surface area contributed by atoms with Crippen LogP contribution in [-0.4, -0.2) is 10.1 Å². The number of hydrogen-bond acceptors (Lipinski definition) is 6. The topological polar surface area (TPSA) is 75.4 Å². The van der Waals surface area contributed by atoms with Crippen LogP contribution in [0.5, 0.6) is 5.75 Å². The lowest BCUT2D eigenvalue weighted by Gasteiger charge is -2.04. The van der Waals surface area contributed by atoms with Gasteiger partial charge in [0.05, 0.1) is 10.2 Å². The molecule has 0 atom stereocenters. The average Bonchev–Trinajstić information content (AvgIpc) is 2.95. The first-order valence-electron chi connectivity index (χ1n) is 6.77. The number of aromatic hydroxyl groups is 1. The normalized spacial score (nSPS) is 10.7. The van der Waals surface area contributed by atoms with Crippen molar-refractivity contribution in [2.45, 2.75) is 13.8 Å². The summed E-state index contributed by atoms with van der Waals surface area (Å²) in [4.78, 5) is 16.4. The van der Waals surface area contributed by atoms with Gasteiger partial charge in [0.25, 0.3) is 0 Å². The zero-order valence-corrected chi connectivity index (χ0v) is 14.8. The summed E-state index contributed by atoms with van der Waals surface area (Å²) in [6.07, 6.45) is 0. The quantitative estimate of drug-likeness (QED) is 0.681. The van der Waals surface area contributed by atoms with Crippen LogP contribution in [0.1, 0.15) is 11.3 Å². The minimum absolute atomic E-state index is 0.0516. The summed E-state index contributed by atoms with van der Waals surface area (Å²) in [5.41, 5.74) is 1.88. The van der Waals surface area contributed by atoms with E-state index in [1.54, 1.807) is 12.3 Å². The van der Waals surface area contributed by atoms with E-state index >= 15 is 0 Å². The Labute approximate surface area is 144 Å². The number of benzene rings is 1. The molecule has 0 aliphatic carbocycles. The van der Waals surface area contributed by atoms with Crippen LogP contribution in [0.25, 0.3) is 11.3 Å². The molecule has 0 aliphatic rings. The minimum Gasteiger partial charge on any atom is -0.506 e. The zero-order valence-electron chi connectivity index (χ0n) is 12.4. The number of rotatable bonds is 3. The third-order valence-corrected chi connectivity index (χ3v) is 4.96. The van der Waals surface area contributed by atoms with Crippen LogP contribution in [0.15, 0.2) is 43.3 Å². The predicted octanol–water partition coefficient (Wildman–Crippen LogP) is 4.59. The molecule has 23 heavy (non-hydrogen) atoms. The van der Waals surface area contributed by atoms with Gasteiger partial charge < -0.3 is 14.8 Å². The number of aryl methyl sites for hydroxylation is 2. The van der Waals surface area contributed by atoms with Gasteiger partial charge in [-0.15, -0.1) is 11.3 Å².